The van der Waals surface area contributed by atoms with Gasteiger partial charge < -0.3 is 0 Å². The quantitative estimate of drug-likeness (QED) is 0.598. The van der Waals surface area contributed by atoms with E-state index in [1.165, 1.54) is 10.1 Å². The Morgan fingerprint density at radius 2 is 2.30 bits per heavy atom. The second-order valence-electron chi connectivity index (χ2n) is 1.96. The van der Waals surface area contributed by atoms with Crippen LogP contribution in [0.4, 0.5) is 0 Å². The van der Waals surface area contributed by atoms with Crippen molar-refractivity contribution in [3.8, 4) is 0 Å². The van der Waals surface area contributed by atoms with Crippen molar-refractivity contribution < 1.29 is 4.79 Å². The SMILES string of the molecule is O=Cc1cc2cscc2s1. The van der Waals surface area contributed by atoms with Crippen molar-refractivity contribution in [3.63, 3.8) is 0 Å². The van der Waals surface area contributed by atoms with Crippen LogP contribution in [-0.2, 0) is 0 Å². The molecule has 1 nitrogen and oxygen atoms in total. The lowest BCUT2D eigenvalue weighted by Crippen LogP contribution is -1.62. The van der Waals surface area contributed by atoms with Crippen molar-refractivity contribution in [1.29, 1.82) is 0 Å². The van der Waals surface area contributed by atoms with Crippen LogP contribution in [0, 0.1) is 0 Å². The summed E-state index contributed by atoms with van der Waals surface area (Å²) >= 11 is 3.22. The van der Waals surface area contributed by atoms with E-state index in [0.29, 0.717) is 0 Å². The first-order valence-corrected chi connectivity index (χ1v) is 4.57. The number of thiophene rings is 2. The summed E-state index contributed by atoms with van der Waals surface area (Å²) < 4.78 is 1.21. The molecular formula is C7H4OS2. The lowest BCUT2D eigenvalue weighted by Gasteiger charge is -1.69. The highest BCUT2D eigenvalue weighted by molar-refractivity contribution is 7.23. The molecule has 2 heterocycles. The van der Waals surface area contributed by atoms with Gasteiger partial charge in [-0.1, -0.05) is 0 Å². The number of fused-ring (bicyclic) bond motifs is 1. The largest absolute Gasteiger partial charge is 0.297 e. The van der Waals surface area contributed by atoms with Gasteiger partial charge in [-0.15, -0.1) is 11.3 Å². The molecule has 0 aromatic carbocycles. The van der Waals surface area contributed by atoms with E-state index >= 15 is 0 Å². The number of carbonyl (C=O) groups excluding carboxylic acids is 1. The third-order valence-electron chi connectivity index (χ3n) is 1.30. The van der Waals surface area contributed by atoms with E-state index in [1.807, 2.05) is 6.07 Å². The molecule has 0 aliphatic heterocycles. The Bertz CT molecular complexity index is 330. The Balaban J connectivity index is 2.78. The van der Waals surface area contributed by atoms with E-state index in [4.69, 9.17) is 0 Å². The van der Waals surface area contributed by atoms with Crippen molar-refractivity contribution in [2.45, 2.75) is 0 Å². The van der Waals surface area contributed by atoms with Crippen LogP contribution < -0.4 is 0 Å². The topological polar surface area (TPSA) is 17.1 Å². The van der Waals surface area contributed by atoms with Crippen LogP contribution in [0.2, 0.25) is 0 Å². The molecule has 0 fully saturated rings. The molecule has 2 aromatic heterocycles. The third-order valence-corrected chi connectivity index (χ3v) is 3.23. The maximum Gasteiger partial charge on any atom is 0.160 e. The molecule has 0 aliphatic rings. The Morgan fingerprint density at radius 3 is 3.00 bits per heavy atom. The van der Waals surface area contributed by atoms with Crippen LogP contribution in [0.15, 0.2) is 16.8 Å². The maximum atomic E-state index is 10.3. The summed E-state index contributed by atoms with van der Waals surface area (Å²) in [6, 6.07) is 1.92. The molecule has 2 rings (SSSR count). The Morgan fingerprint density at radius 1 is 1.40 bits per heavy atom. The van der Waals surface area contributed by atoms with Crippen LogP contribution >= 0.6 is 22.7 Å². The molecular weight excluding hydrogens is 164 g/mol. The van der Waals surface area contributed by atoms with Crippen LogP contribution in [-0.4, -0.2) is 6.29 Å². The first-order valence-electron chi connectivity index (χ1n) is 2.81. The molecule has 0 amide bonds. The molecule has 2 aromatic rings. The molecule has 0 unspecified atom stereocenters. The van der Waals surface area contributed by atoms with E-state index in [9.17, 15) is 4.79 Å². The second kappa shape index (κ2) is 2.18. The van der Waals surface area contributed by atoms with Crippen LogP contribution in [0.25, 0.3) is 10.1 Å². The lowest BCUT2D eigenvalue weighted by molar-refractivity contribution is 0.112. The van der Waals surface area contributed by atoms with Crippen molar-refractivity contribution in [2.75, 3.05) is 0 Å². The van der Waals surface area contributed by atoms with E-state index < -0.39 is 0 Å². The van der Waals surface area contributed by atoms with Gasteiger partial charge in [-0.05, 0) is 11.4 Å². The molecule has 0 spiro atoms. The Hall–Kier alpha value is -0.670. The van der Waals surface area contributed by atoms with Gasteiger partial charge >= 0.3 is 0 Å². The van der Waals surface area contributed by atoms with Gasteiger partial charge in [0, 0.05) is 15.5 Å². The van der Waals surface area contributed by atoms with Crippen LogP contribution in [0.5, 0.6) is 0 Å². The fourth-order valence-electron chi connectivity index (χ4n) is 0.851. The first-order chi connectivity index (χ1) is 4.90. The van der Waals surface area contributed by atoms with Gasteiger partial charge in [0.25, 0.3) is 0 Å². The number of hydrogen-bond acceptors (Lipinski definition) is 3. The predicted octanol–water partition coefficient (Wildman–Crippen LogP) is 2.78. The summed E-state index contributed by atoms with van der Waals surface area (Å²) in [4.78, 5) is 11.1. The molecule has 0 aliphatic carbocycles. The zero-order valence-corrected chi connectivity index (χ0v) is 6.67. The normalized spacial score (nSPS) is 10.4. The second-order valence-corrected chi connectivity index (χ2v) is 3.82. The molecule has 0 atom stereocenters. The van der Waals surface area contributed by atoms with Gasteiger partial charge in [0.15, 0.2) is 6.29 Å². The standard InChI is InChI=1S/C7H4OS2/c8-2-6-1-5-3-9-4-7(5)10-6/h1-4H. The van der Waals surface area contributed by atoms with Crippen molar-refractivity contribution in [1.82, 2.24) is 0 Å². The van der Waals surface area contributed by atoms with Crippen molar-refractivity contribution in [2.24, 2.45) is 0 Å². The van der Waals surface area contributed by atoms with Crippen LogP contribution in [0.3, 0.4) is 0 Å². The molecule has 0 saturated carbocycles. The predicted molar refractivity (Wildman–Crippen MR) is 45.1 cm³/mol. The third kappa shape index (κ3) is 0.786. The summed E-state index contributed by atoms with van der Waals surface area (Å²) in [5.41, 5.74) is 0. The summed E-state index contributed by atoms with van der Waals surface area (Å²) in [6.07, 6.45) is 0.898. The summed E-state index contributed by atoms with van der Waals surface area (Å²) in [7, 11) is 0. The highest BCUT2D eigenvalue weighted by Crippen LogP contribution is 2.27. The van der Waals surface area contributed by atoms with Crippen molar-refractivity contribution >= 4 is 39.0 Å². The highest BCUT2D eigenvalue weighted by atomic mass is 32.1. The van der Waals surface area contributed by atoms with Gasteiger partial charge in [-0.2, -0.15) is 11.3 Å². The highest BCUT2D eigenvalue weighted by Gasteiger charge is 1.99. The summed E-state index contributed by atoms with van der Waals surface area (Å²) in [5, 5.41) is 5.31. The molecule has 3 heteroatoms. The molecule has 0 bridgehead atoms. The lowest BCUT2D eigenvalue weighted by atomic mass is 10.4. The van der Waals surface area contributed by atoms with Gasteiger partial charge in [0.2, 0.25) is 0 Å². The summed E-state index contributed by atoms with van der Waals surface area (Å²) in [5.74, 6) is 0. The first kappa shape index (κ1) is 6.07. The zero-order chi connectivity index (χ0) is 6.97. The molecule has 10 heavy (non-hydrogen) atoms. The zero-order valence-electron chi connectivity index (χ0n) is 5.03. The average Bonchev–Trinajstić information content (AvgIpc) is 2.42. The Kier molecular flexibility index (Phi) is 1.32. The van der Waals surface area contributed by atoms with Gasteiger partial charge in [0.1, 0.15) is 0 Å². The fourth-order valence-corrected chi connectivity index (χ4v) is 2.68. The minimum Gasteiger partial charge on any atom is -0.297 e. The monoisotopic (exact) mass is 168 g/mol. The smallest absolute Gasteiger partial charge is 0.160 e. The average molecular weight is 168 g/mol. The Labute approximate surface area is 65.9 Å². The van der Waals surface area contributed by atoms with E-state index in [2.05, 4.69) is 10.8 Å². The molecule has 50 valence electrons. The molecule has 0 saturated heterocycles. The van der Waals surface area contributed by atoms with E-state index in [-0.39, 0.29) is 0 Å². The van der Waals surface area contributed by atoms with E-state index in [1.54, 1.807) is 22.7 Å². The molecule has 0 radical (unpaired) electrons. The van der Waals surface area contributed by atoms with Crippen molar-refractivity contribution in [3.05, 3.63) is 21.7 Å². The number of hydrogen-bond donors (Lipinski definition) is 0. The summed E-state index contributed by atoms with van der Waals surface area (Å²) in [6.45, 7) is 0. The van der Waals surface area contributed by atoms with Crippen LogP contribution in [0.1, 0.15) is 9.67 Å². The maximum absolute atomic E-state index is 10.3. The fraction of sp³-hybridized carbons (Fsp3) is 0. The number of aldehydes is 1. The number of rotatable bonds is 1. The minimum atomic E-state index is 0.817. The molecule has 0 N–H and O–H groups in total. The van der Waals surface area contributed by atoms with E-state index in [0.717, 1.165) is 11.2 Å². The number of carbonyl (C=O) groups is 1. The minimum absolute atomic E-state index is 0.817. The van der Waals surface area contributed by atoms with Gasteiger partial charge in [-0.3, -0.25) is 4.79 Å². The van der Waals surface area contributed by atoms with Gasteiger partial charge in [0.05, 0.1) is 4.88 Å². The van der Waals surface area contributed by atoms with Gasteiger partial charge in [-0.25, -0.2) is 0 Å².